The van der Waals surface area contributed by atoms with Gasteiger partial charge in [0.15, 0.2) is 0 Å². The van der Waals surface area contributed by atoms with Crippen LogP contribution in [0.5, 0.6) is 0 Å². The smallest absolute Gasteiger partial charge is 0.235 e. The van der Waals surface area contributed by atoms with Gasteiger partial charge in [0.1, 0.15) is 0 Å². The molecule has 2 aromatic rings. The molecule has 0 atom stereocenters. The fourth-order valence-electron chi connectivity index (χ4n) is 2.72. The lowest BCUT2D eigenvalue weighted by molar-refractivity contribution is 0.588. The van der Waals surface area contributed by atoms with E-state index in [2.05, 4.69) is 5.32 Å². The minimum Gasteiger partial charge on any atom is -0.311 e. The first-order chi connectivity index (χ1) is 10.7. The molecule has 0 amide bonds. The number of hydrogen-bond acceptors (Lipinski definition) is 3. The van der Waals surface area contributed by atoms with Gasteiger partial charge in [-0.1, -0.05) is 48.5 Å². The maximum atomic E-state index is 12.8. The lowest BCUT2D eigenvalue weighted by Crippen LogP contribution is -2.36. The summed E-state index contributed by atoms with van der Waals surface area (Å²) in [5.74, 6) is 0.130. The number of benzene rings is 2. The number of rotatable bonds is 4. The fourth-order valence-corrected chi connectivity index (χ4v) is 4.28. The summed E-state index contributed by atoms with van der Waals surface area (Å²) in [7, 11) is -3.32. The molecule has 0 unspecified atom stereocenters. The summed E-state index contributed by atoms with van der Waals surface area (Å²) in [6.45, 7) is 1.86. The Hall–Kier alpha value is -1.85. The third kappa shape index (κ3) is 3.31. The molecule has 2 aromatic carbocycles. The molecule has 3 rings (SSSR count). The predicted molar refractivity (Wildman–Crippen MR) is 89.4 cm³/mol. The van der Waals surface area contributed by atoms with Crippen molar-refractivity contribution >= 4 is 15.7 Å². The van der Waals surface area contributed by atoms with Crippen molar-refractivity contribution in [3.8, 4) is 0 Å². The van der Waals surface area contributed by atoms with E-state index in [9.17, 15) is 8.42 Å². The molecule has 0 aliphatic carbocycles. The summed E-state index contributed by atoms with van der Waals surface area (Å²) in [5, 5.41) is 3.27. The van der Waals surface area contributed by atoms with Gasteiger partial charge in [-0.3, -0.25) is 4.31 Å². The lowest BCUT2D eigenvalue weighted by atomic mass is 10.2. The Morgan fingerprint density at radius 3 is 2.55 bits per heavy atom. The molecule has 116 valence electrons. The highest BCUT2D eigenvalue weighted by Gasteiger charge is 2.25. The Bertz CT molecular complexity index is 729. The number of nitrogens with one attached hydrogen (secondary N) is 1. The summed E-state index contributed by atoms with van der Waals surface area (Å²) < 4.78 is 27.1. The second-order valence-corrected chi connectivity index (χ2v) is 7.44. The zero-order valence-corrected chi connectivity index (χ0v) is 13.2. The third-order valence-electron chi connectivity index (χ3n) is 3.89. The molecule has 1 N–H and O–H groups in total. The van der Waals surface area contributed by atoms with Gasteiger partial charge in [-0.05, 0) is 23.6 Å². The quantitative estimate of drug-likeness (QED) is 0.940. The van der Waals surface area contributed by atoms with Crippen molar-refractivity contribution in [2.75, 3.05) is 23.1 Å². The van der Waals surface area contributed by atoms with Gasteiger partial charge in [0.25, 0.3) is 0 Å². The average molecular weight is 316 g/mol. The second kappa shape index (κ2) is 6.50. The van der Waals surface area contributed by atoms with Crippen molar-refractivity contribution in [2.45, 2.75) is 13.0 Å². The van der Waals surface area contributed by atoms with Gasteiger partial charge in [-0.15, -0.1) is 0 Å². The molecular weight excluding hydrogens is 296 g/mol. The van der Waals surface area contributed by atoms with Crippen LogP contribution in [0.4, 0.5) is 5.69 Å². The number of anilines is 1. The standard InChI is InChI=1S/C17H20N2O2S/c20-22(21,13-10-15-6-2-1-3-7-15)19-12-11-18-14-16-8-4-5-9-17(16)19/h1-9,18H,10-14H2. The average Bonchev–Trinajstić information content (AvgIpc) is 2.77. The molecule has 0 radical (unpaired) electrons. The molecule has 22 heavy (non-hydrogen) atoms. The van der Waals surface area contributed by atoms with Crippen molar-refractivity contribution in [1.82, 2.24) is 5.32 Å². The van der Waals surface area contributed by atoms with Crippen molar-refractivity contribution in [3.05, 3.63) is 65.7 Å². The Balaban J connectivity index is 1.82. The van der Waals surface area contributed by atoms with Crippen LogP contribution < -0.4 is 9.62 Å². The molecule has 0 spiro atoms. The van der Waals surface area contributed by atoms with Gasteiger partial charge >= 0.3 is 0 Å². The van der Waals surface area contributed by atoms with Crippen LogP contribution in [0, 0.1) is 0 Å². The molecule has 0 fully saturated rings. The van der Waals surface area contributed by atoms with Crippen LogP contribution in [-0.4, -0.2) is 27.3 Å². The van der Waals surface area contributed by atoms with Crippen molar-refractivity contribution in [2.24, 2.45) is 0 Å². The molecule has 0 aromatic heterocycles. The summed E-state index contributed by atoms with van der Waals surface area (Å²) in [5.41, 5.74) is 2.89. The number of para-hydroxylation sites is 1. The van der Waals surface area contributed by atoms with Crippen LogP contribution in [0.25, 0.3) is 0 Å². The van der Waals surface area contributed by atoms with E-state index in [0.29, 0.717) is 26.1 Å². The van der Waals surface area contributed by atoms with E-state index < -0.39 is 10.0 Å². The molecule has 5 heteroatoms. The SMILES string of the molecule is O=S(=O)(CCc1ccccc1)N1CCNCc2ccccc21. The highest BCUT2D eigenvalue weighted by atomic mass is 32.2. The van der Waals surface area contributed by atoms with E-state index in [4.69, 9.17) is 0 Å². The first kappa shape index (κ1) is 15.1. The highest BCUT2D eigenvalue weighted by molar-refractivity contribution is 7.92. The van der Waals surface area contributed by atoms with Gasteiger partial charge in [0.05, 0.1) is 11.4 Å². The normalized spacial score (nSPS) is 15.2. The molecule has 1 aliphatic heterocycles. The van der Waals surface area contributed by atoms with Gasteiger partial charge in [0, 0.05) is 19.6 Å². The van der Waals surface area contributed by atoms with Crippen LogP contribution in [-0.2, 0) is 23.0 Å². The summed E-state index contributed by atoms with van der Waals surface area (Å²) in [6.07, 6.45) is 0.537. The Morgan fingerprint density at radius 1 is 1.00 bits per heavy atom. The van der Waals surface area contributed by atoms with Crippen LogP contribution in [0.2, 0.25) is 0 Å². The topological polar surface area (TPSA) is 49.4 Å². The molecular formula is C17H20N2O2S. The van der Waals surface area contributed by atoms with E-state index in [1.807, 2.05) is 54.6 Å². The van der Waals surface area contributed by atoms with Crippen LogP contribution >= 0.6 is 0 Å². The summed E-state index contributed by atoms with van der Waals surface area (Å²) in [6, 6.07) is 17.5. The molecule has 0 saturated heterocycles. The summed E-state index contributed by atoms with van der Waals surface area (Å²) in [4.78, 5) is 0. The number of hydrogen-bond donors (Lipinski definition) is 1. The molecule has 0 bridgehead atoms. The minimum atomic E-state index is -3.32. The van der Waals surface area contributed by atoms with E-state index in [0.717, 1.165) is 16.8 Å². The zero-order chi connectivity index (χ0) is 15.4. The highest BCUT2D eigenvalue weighted by Crippen LogP contribution is 2.25. The Morgan fingerprint density at radius 2 is 1.73 bits per heavy atom. The largest absolute Gasteiger partial charge is 0.311 e. The molecule has 4 nitrogen and oxygen atoms in total. The van der Waals surface area contributed by atoms with Crippen LogP contribution in [0.15, 0.2) is 54.6 Å². The van der Waals surface area contributed by atoms with Crippen LogP contribution in [0.1, 0.15) is 11.1 Å². The van der Waals surface area contributed by atoms with Crippen molar-refractivity contribution in [3.63, 3.8) is 0 Å². The van der Waals surface area contributed by atoms with Crippen molar-refractivity contribution < 1.29 is 8.42 Å². The van der Waals surface area contributed by atoms with E-state index in [-0.39, 0.29) is 5.75 Å². The van der Waals surface area contributed by atoms with Crippen LogP contribution in [0.3, 0.4) is 0 Å². The minimum absolute atomic E-state index is 0.130. The molecule has 1 heterocycles. The summed E-state index contributed by atoms with van der Waals surface area (Å²) >= 11 is 0. The predicted octanol–water partition coefficient (Wildman–Crippen LogP) is 2.17. The second-order valence-electron chi connectivity index (χ2n) is 5.43. The fraction of sp³-hybridized carbons (Fsp3) is 0.294. The maximum absolute atomic E-state index is 12.8. The Kier molecular flexibility index (Phi) is 4.45. The first-order valence-electron chi connectivity index (χ1n) is 7.50. The maximum Gasteiger partial charge on any atom is 0.235 e. The molecule has 1 aliphatic rings. The van der Waals surface area contributed by atoms with Gasteiger partial charge in [0.2, 0.25) is 10.0 Å². The van der Waals surface area contributed by atoms with E-state index in [1.54, 1.807) is 4.31 Å². The monoisotopic (exact) mass is 316 g/mol. The Labute approximate surface area is 131 Å². The lowest BCUT2D eigenvalue weighted by Gasteiger charge is -2.24. The van der Waals surface area contributed by atoms with E-state index >= 15 is 0 Å². The number of nitrogens with zero attached hydrogens (tertiary/aromatic N) is 1. The third-order valence-corrected chi connectivity index (χ3v) is 5.67. The van der Waals surface area contributed by atoms with Gasteiger partial charge in [-0.25, -0.2) is 8.42 Å². The van der Waals surface area contributed by atoms with Crippen molar-refractivity contribution in [1.29, 1.82) is 0 Å². The zero-order valence-electron chi connectivity index (χ0n) is 12.4. The number of aryl methyl sites for hydroxylation is 1. The molecule has 0 saturated carbocycles. The first-order valence-corrected chi connectivity index (χ1v) is 9.11. The van der Waals surface area contributed by atoms with E-state index in [1.165, 1.54) is 0 Å². The number of sulfonamides is 1. The van der Waals surface area contributed by atoms with Gasteiger partial charge < -0.3 is 5.32 Å². The number of fused-ring (bicyclic) bond motifs is 1. The van der Waals surface area contributed by atoms with Gasteiger partial charge in [-0.2, -0.15) is 0 Å².